The lowest BCUT2D eigenvalue weighted by atomic mass is 10.1. The van der Waals surface area contributed by atoms with Gasteiger partial charge >= 0.3 is 0 Å². The number of nitrogens with one attached hydrogen (secondary N) is 2. The second kappa shape index (κ2) is 8.08. The lowest BCUT2D eigenvalue weighted by Crippen LogP contribution is -2.27. The summed E-state index contributed by atoms with van der Waals surface area (Å²) in [5.74, 6) is 3.10. The maximum Gasteiger partial charge on any atom is 0.163 e. The zero-order valence-electron chi connectivity index (χ0n) is 16.3. The fourth-order valence-electron chi connectivity index (χ4n) is 2.74. The van der Waals surface area contributed by atoms with Gasteiger partial charge < -0.3 is 15.4 Å². The van der Waals surface area contributed by atoms with Crippen LogP contribution in [0.2, 0.25) is 0 Å². The number of rotatable bonds is 6. The number of hydrogen-bond donors (Lipinski definition) is 2. The van der Waals surface area contributed by atoms with Crippen LogP contribution in [0.4, 0.5) is 11.6 Å². The van der Waals surface area contributed by atoms with Crippen molar-refractivity contribution in [3.05, 3.63) is 66.2 Å². The normalized spacial score (nSPS) is 11.1. The van der Waals surface area contributed by atoms with Crippen LogP contribution < -0.4 is 15.4 Å². The highest BCUT2D eigenvalue weighted by Gasteiger charge is 2.13. The van der Waals surface area contributed by atoms with E-state index in [0.29, 0.717) is 12.4 Å². The molecule has 0 aliphatic heterocycles. The van der Waals surface area contributed by atoms with E-state index in [0.717, 1.165) is 28.5 Å². The smallest absolute Gasteiger partial charge is 0.163 e. The fourth-order valence-corrected chi connectivity index (χ4v) is 2.74. The molecular weight excluding hydrogens is 336 g/mol. The molecule has 0 fully saturated rings. The van der Waals surface area contributed by atoms with E-state index in [2.05, 4.69) is 31.4 Å². The first-order chi connectivity index (χ1) is 12.9. The number of hydrogen-bond acceptors (Lipinski definition) is 5. The summed E-state index contributed by atoms with van der Waals surface area (Å²) in [4.78, 5) is 9.39. The summed E-state index contributed by atoms with van der Waals surface area (Å²) in [6, 6.07) is 19.9. The van der Waals surface area contributed by atoms with Crippen LogP contribution in [0.5, 0.6) is 5.75 Å². The first-order valence-corrected chi connectivity index (χ1v) is 9.03. The van der Waals surface area contributed by atoms with Gasteiger partial charge in [-0.1, -0.05) is 48.5 Å². The Kier molecular flexibility index (Phi) is 5.60. The standard InChI is InChI=1S/C22H26N4O/c1-22(2,3)26-20-14-19(23-15-17-12-8-9-13-18(17)27-4)24-21(25-20)16-10-6-5-7-11-16/h5-14H,15H2,1-4H3,(H2,23,24,25,26). The number of methoxy groups -OCH3 is 1. The van der Waals surface area contributed by atoms with Crippen LogP contribution in [0.25, 0.3) is 11.4 Å². The minimum Gasteiger partial charge on any atom is -0.496 e. The van der Waals surface area contributed by atoms with Gasteiger partial charge in [0.05, 0.1) is 7.11 Å². The molecule has 2 N–H and O–H groups in total. The molecule has 5 heteroatoms. The molecular formula is C22H26N4O. The van der Waals surface area contributed by atoms with E-state index in [9.17, 15) is 0 Å². The van der Waals surface area contributed by atoms with Gasteiger partial charge in [-0.3, -0.25) is 0 Å². The Morgan fingerprint density at radius 1 is 0.889 bits per heavy atom. The molecule has 0 aliphatic rings. The number of para-hydroxylation sites is 1. The third kappa shape index (κ3) is 5.20. The molecule has 0 aliphatic carbocycles. The minimum atomic E-state index is -0.0950. The minimum absolute atomic E-state index is 0.0950. The zero-order valence-corrected chi connectivity index (χ0v) is 16.3. The number of ether oxygens (including phenoxy) is 1. The molecule has 2 aromatic carbocycles. The summed E-state index contributed by atoms with van der Waals surface area (Å²) in [7, 11) is 1.68. The highest BCUT2D eigenvalue weighted by molar-refractivity contribution is 5.61. The predicted molar refractivity (Wildman–Crippen MR) is 111 cm³/mol. The van der Waals surface area contributed by atoms with Crippen LogP contribution in [0.1, 0.15) is 26.3 Å². The second-order valence-corrected chi connectivity index (χ2v) is 7.37. The van der Waals surface area contributed by atoms with Crippen LogP contribution in [-0.2, 0) is 6.54 Å². The molecule has 1 aromatic heterocycles. The zero-order chi connectivity index (χ0) is 19.3. The third-order valence-electron chi connectivity index (χ3n) is 3.91. The molecule has 5 nitrogen and oxygen atoms in total. The molecule has 0 bridgehead atoms. The van der Waals surface area contributed by atoms with E-state index >= 15 is 0 Å². The molecule has 3 rings (SSSR count). The predicted octanol–water partition coefficient (Wildman–Crippen LogP) is 4.97. The fraction of sp³-hybridized carbons (Fsp3) is 0.273. The molecule has 0 saturated carbocycles. The quantitative estimate of drug-likeness (QED) is 0.648. The van der Waals surface area contributed by atoms with E-state index in [1.54, 1.807) is 7.11 Å². The lowest BCUT2D eigenvalue weighted by molar-refractivity contribution is 0.410. The van der Waals surface area contributed by atoms with Crippen molar-refractivity contribution in [3.63, 3.8) is 0 Å². The van der Waals surface area contributed by atoms with E-state index in [1.165, 1.54) is 0 Å². The number of benzene rings is 2. The summed E-state index contributed by atoms with van der Waals surface area (Å²) in [6.07, 6.45) is 0. The second-order valence-electron chi connectivity index (χ2n) is 7.37. The Labute approximate surface area is 160 Å². The monoisotopic (exact) mass is 362 g/mol. The summed E-state index contributed by atoms with van der Waals surface area (Å²) in [5, 5.41) is 6.84. The van der Waals surface area contributed by atoms with Gasteiger partial charge in [0, 0.05) is 29.3 Å². The largest absolute Gasteiger partial charge is 0.496 e. The molecule has 0 radical (unpaired) electrons. The maximum absolute atomic E-state index is 5.43. The first kappa shape index (κ1) is 18.7. The van der Waals surface area contributed by atoms with E-state index in [-0.39, 0.29) is 5.54 Å². The first-order valence-electron chi connectivity index (χ1n) is 9.03. The Hall–Kier alpha value is -3.08. The number of nitrogens with zero attached hydrogens (tertiary/aromatic N) is 2. The van der Waals surface area contributed by atoms with E-state index in [4.69, 9.17) is 14.7 Å². The molecule has 3 aromatic rings. The maximum atomic E-state index is 5.43. The van der Waals surface area contributed by atoms with E-state index in [1.807, 2.05) is 60.7 Å². The Morgan fingerprint density at radius 2 is 1.56 bits per heavy atom. The van der Waals surface area contributed by atoms with Crippen molar-refractivity contribution in [1.29, 1.82) is 0 Å². The van der Waals surface area contributed by atoms with Crippen LogP contribution in [0.15, 0.2) is 60.7 Å². The molecule has 0 unspecified atom stereocenters. The van der Waals surface area contributed by atoms with Crippen molar-refractivity contribution in [2.45, 2.75) is 32.9 Å². The van der Waals surface area contributed by atoms with Crippen molar-refractivity contribution < 1.29 is 4.74 Å². The van der Waals surface area contributed by atoms with Gasteiger partial charge in [-0.25, -0.2) is 9.97 Å². The number of anilines is 2. The van der Waals surface area contributed by atoms with Gasteiger partial charge in [0.1, 0.15) is 17.4 Å². The molecule has 1 heterocycles. The average Bonchev–Trinajstić information content (AvgIpc) is 2.66. The summed E-state index contributed by atoms with van der Waals surface area (Å²) in [6.45, 7) is 6.95. The van der Waals surface area contributed by atoms with Crippen molar-refractivity contribution in [2.75, 3.05) is 17.7 Å². The SMILES string of the molecule is COc1ccccc1CNc1cc(NC(C)(C)C)nc(-c2ccccc2)n1. The highest BCUT2D eigenvalue weighted by Crippen LogP contribution is 2.24. The Morgan fingerprint density at radius 3 is 2.26 bits per heavy atom. The summed E-state index contributed by atoms with van der Waals surface area (Å²) >= 11 is 0. The number of aromatic nitrogens is 2. The van der Waals surface area contributed by atoms with Crippen LogP contribution >= 0.6 is 0 Å². The van der Waals surface area contributed by atoms with Crippen LogP contribution in [0, 0.1) is 0 Å². The molecule has 0 amide bonds. The van der Waals surface area contributed by atoms with Gasteiger partial charge in [-0.05, 0) is 26.8 Å². The van der Waals surface area contributed by atoms with Crippen LogP contribution in [-0.4, -0.2) is 22.6 Å². The topological polar surface area (TPSA) is 59.1 Å². The lowest BCUT2D eigenvalue weighted by Gasteiger charge is -2.22. The molecule has 27 heavy (non-hydrogen) atoms. The molecule has 0 spiro atoms. The van der Waals surface area contributed by atoms with Crippen molar-refractivity contribution in [2.24, 2.45) is 0 Å². The van der Waals surface area contributed by atoms with E-state index < -0.39 is 0 Å². The molecule has 0 atom stereocenters. The molecule has 140 valence electrons. The third-order valence-corrected chi connectivity index (χ3v) is 3.91. The Balaban J connectivity index is 1.90. The Bertz CT molecular complexity index is 888. The van der Waals surface area contributed by atoms with Gasteiger partial charge in [0.25, 0.3) is 0 Å². The highest BCUT2D eigenvalue weighted by atomic mass is 16.5. The van der Waals surface area contributed by atoms with Crippen molar-refractivity contribution >= 4 is 11.6 Å². The van der Waals surface area contributed by atoms with Gasteiger partial charge in [0.15, 0.2) is 5.82 Å². The molecule has 0 saturated heterocycles. The van der Waals surface area contributed by atoms with Crippen molar-refractivity contribution in [1.82, 2.24) is 9.97 Å². The van der Waals surface area contributed by atoms with Gasteiger partial charge in [-0.2, -0.15) is 0 Å². The van der Waals surface area contributed by atoms with Crippen LogP contribution in [0.3, 0.4) is 0 Å². The van der Waals surface area contributed by atoms with Gasteiger partial charge in [0.2, 0.25) is 0 Å². The average molecular weight is 362 g/mol. The summed E-state index contributed by atoms with van der Waals surface area (Å²) in [5.41, 5.74) is 1.96. The summed E-state index contributed by atoms with van der Waals surface area (Å²) < 4.78 is 5.43. The van der Waals surface area contributed by atoms with Gasteiger partial charge in [-0.15, -0.1) is 0 Å². The van der Waals surface area contributed by atoms with Crippen molar-refractivity contribution in [3.8, 4) is 17.1 Å².